The maximum atomic E-state index is 11.2. The highest BCUT2D eigenvalue weighted by atomic mass is 16.1. The molecule has 0 aromatic carbocycles. The predicted molar refractivity (Wildman–Crippen MR) is 55.6 cm³/mol. The van der Waals surface area contributed by atoms with Crippen LogP contribution in [0.25, 0.3) is 0 Å². The summed E-state index contributed by atoms with van der Waals surface area (Å²) in [6.07, 6.45) is 5.26. The Balaban J connectivity index is 1.82. The second-order valence-corrected chi connectivity index (χ2v) is 4.84. The van der Waals surface area contributed by atoms with Gasteiger partial charge in [-0.05, 0) is 37.5 Å². The van der Waals surface area contributed by atoms with Crippen LogP contribution in [0, 0.1) is 11.8 Å². The lowest BCUT2D eigenvalue weighted by Crippen LogP contribution is -2.33. The molecule has 80 valence electrons. The topological polar surface area (TPSA) is 55.1 Å². The number of nitrogens with one attached hydrogen (secondary N) is 1. The van der Waals surface area contributed by atoms with Crippen molar-refractivity contribution in [3.8, 4) is 0 Å². The van der Waals surface area contributed by atoms with Gasteiger partial charge in [-0.2, -0.15) is 0 Å². The number of rotatable bonds is 2. The van der Waals surface area contributed by atoms with E-state index in [0.29, 0.717) is 18.5 Å². The van der Waals surface area contributed by atoms with Crippen LogP contribution in [0.5, 0.6) is 0 Å². The number of carbonyl (C=O) groups is 1. The highest BCUT2D eigenvalue weighted by Gasteiger charge is 2.40. The van der Waals surface area contributed by atoms with Gasteiger partial charge in [-0.15, -0.1) is 0 Å². The molecule has 3 N–H and O–H groups in total. The minimum atomic E-state index is 0.194. The molecular formula is C11H20N2O. The van der Waals surface area contributed by atoms with Crippen molar-refractivity contribution in [2.75, 3.05) is 0 Å². The number of amides is 1. The summed E-state index contributed by atoms with van der Waals surface area (Å²) in [6, 6.07) is 0.859. The van der Waals surface area contributed by atoms with Crippen molar-refractivity contribution in [3.63, 3.8) is 0 Å². The minimum absolute atomic E-state index is 0.194. The van der Waals surface area contributed by atoms with E-state index in [1.807, 2.05) is 6.92 Å². The van der Waals surface area contributed by atoms with Crippen LogP contribution >= 0.6 is 0 Å². The van der Waals surface area contributed by atoms with E-state index in [9.17, 15) is 4.79 Å². The summed E-state index contributed by atoms with van der Waals surface area (Å²) >= 11 is 0. The third-order valence-electron chi connectivity index (χ3n) is 3.74. The van der Waals surface area contributed by atoms with Crippen molar-refractivity contribution in [3.05, 3.63) is 0 Å². The quantitative estimate of drug-likeness (QED) is 0.693. The lowest BCUT2D eigenvalue weighted by molar-refractivity contribution is -0.121. The van der Waals surface area contributed by atoms with Gasteiger partial charge in [-0.3, -0.25) is 4.79 Å². The Morgan fingerprint density at radius 2 is 1.86 bits per heavy atom. The molecule has 0 bridgehead atoms. The fourth-order valence-corrected chi connectivity index (χ4v) is 3.11. The zero-order valence-electron chi connectivity index (χ0n) is 8.83. The summed E-state index contributed by atoms with van der Waals surface area (Å²) in [5, 5.41) is 3.09. The van der Waals surface area contributed by atoms with Gasteiger partial charge in [0, 0.05) is 18.5 Å². The van der Waals surface area contributed by atoms with E-state index >= 15 is 0 Å². The number of hydrogen-bond donors (Lipinski definition) is 2. The molecule has 0 aromatic heterocycles. The fraction of sp³-hybridized carbons (Fsp3) is 0.909. The maximum absolute atomic E-state index is 11.2. The molecule has 2 atom stereocenters. The summed E-state index contributed by atoms with van der Waals surface area (Å²) in [7, 11) is 0. The number of hydrogen-bond acceptors (Lipinski definition) is 2. The molecule has 2 unspecified atom stereocenters. The van der Waals surface area contributed by atoms with Crippen molar-refractivity contribution in [2.24, 2.45) is 17.6 Å². The smallest absolute Gasteiger partial charge is 0.219 e. The lowest BCUT2D eigenvalue weighted by Gasteiger charge is -2.13. The normalized spacial score (nSPS) is 41.0. The molecule has 3 heteroatoms. The summed E-state index contributed by atoms with van der Waals surface area (Å²) in [6.45, 7) is 1.90. The molecule has 0 aromatic rings. The first-order valence-corrected chi connectivity index (χ1v) is 5.74. The monoisotopic (exact) mass is 196 g/mol. The number of carbonyl (C=O) groups excluding carboxylic acids is 1. The molecule has 2 aliphatic carbocycles. The maximum Gasteiger partial charge on any atom is 0.219 e. The summed E-state index contributed by atoms with van der Waals surface area (Å²) in [4.78, 5) is 11.2. The standard InChI is InChI=1S/C11H20N2O/c1-2-11(14)13-10-5-7-3-9(12)4-8(7)6-10/h7-10H,2-6,12H2,1H3,(H,13,14). The lowest BCUT2D eigenvalue weighted by atomic mass is 10.0. The van der Waals surface area contributed by atoms with Crippen molar-refractivity contribution >= 4 is 5.91 Å². The molecule has 0 spiro atoms. The minimum Gasteiger partial charge on any atom is -0.353 e. The molecule has 0 saturated heterocycles. The molecule has 2 aliphatic rings. The van der Waals surface area contributed by atoms with E-state index in [2.05, 4.69) is 5.32 Å². The Morgan fingerprint density at radius 3 is 2.36 bits per heavy atom. The summed E-state index contributed by atoms with van der Waals surface area (Å²) < 4.78 is 0. The highest BCUT2D eigenvalue weighted by molar-refractivity contribution is 5.75. The van der Waals surface area contributed by atoms with Crippen LogP contribution in [-0.2, 0) is 4.79 Å². The van der Waals surface area contributed by atoms with Gasteiger partial charge in [0.25, 0.3) is 0 Å². The van der Waals surface area contributed by atoms with Gasteiger partial charge in [0.15, 0.2) is 0 Å². The zero-order valence-corrected chi connectivity index (χ0v) is 8.83. The van der Waals surface area contributed by atoms with E-state index in [-0.39, 0.29) is 5.91 Å². The predicted octanol–water partition coefficient (Wildman–Crippen LogP) is 1.03. The molecule has 1 amide bonds. The average molecular weight is 196 g/mol. The van der Waals surface area contributed by atoms with Crippen LogP contribution in [0.1, 0.15) is 39.0 Å². The Kier molecular flexibility index (Phi) is 2.77. The van der Waals surface area contributed by atoms with Crippen LogP contribution in [0.15, 0.2) is 0 Å². The number of nitrogens with two attached hydrogens (primary N) is 1. The Labute approximate surface area is 85.4 Å². The molecule has 2 fully saturated rings. The molecule has 3 nitrogen and oxygen atoms in total. The molecular weight excluding hydrogens is 176 g/mol. The van der Waals surface area contributed by atoms with E-state index < -0.39 is 0 Å². The summed E-state index contributed by atoms with van der Waals surface area (Å²) in [5.74, 6) is 1.76. The van der Waals surface area contributed by atoms with Gasteiger partial charge >= 0.3 is 0 Å². The van der Waals surface area contributed by atoms with Crippen LogP contribution in [0.3, 0.4) is 0 Å². The Bertz CT molecular complexity index is 215. The summed E-state index contributed by atoms with van der Waals surface area (Å²) in [5.41, 5.74) is 5.91. The van der Waals surface area contributed by atoms with Crippen LogP contribution in [0.2, 0.25) is 0 Å². The van der Waals surface area contributed by atoms with Crippen molar-refractivity contribution in [1.82, 2.24) is 5.32 Å². The van der Waals surface area contributed by atoms with Crippen molar-refractivity contribution in [2.45, 2.75) is 51.1 Å². The first-order chi connectivity index (χ1) is 6.69. The molecule has 2 saturated carbocycles. The van der Waals surface area contributed by atoms with Crippen molar-refractivity contribution < 1.29 is 4.79 Å². The van der Waals surface area contributed by atoms with Crippen LogP contribution in [-0.4, -0.2) is 18.0 Å². The van der Waals surface area contributed by atoms with Gasteiger partial charge in [0.1, 0.15) is 0 Å². The van der Waals surface area contributed by atoms with Crippen LogP contribution < -0.4 is 11.1 Å². The van der Waals surface area contributed by atoms with E-state index in [0.717, 1.165) is 24.7 Å². The van der Waals surface area contributed by atoms with E-state index in [1.54, 1.807) is 0 Å². The third kappa shape index (κ3) is 1.92. The Hall–Kier alpha value is -0.570. The third-order valence-corrected chi connectivity index (χ3v) is 3.74. The zero-order chi connectivity index (χ0) is 10.1. The largest absolute Gasteiger partial charge is 0.353 e. The first kappa shape index (κ1) is 9.97. The van der Waals surface area contributed by atoms with E-state index in [4.69, 9.17) is 5.73 Å². The van der Waals surface area contributed by atoms with E-state index in [1.165, 1.54) is 12.8 Å². The fourth-order valence-electron chi connectivity index (χ4n) is 3.11. The molecule has 14 heavy (non-hydrogen) atoms. The van der Waals surface area contributed by atoms with Gasteiger partial charge in [-0.25, -0.2) is 0 Å². The SMILES string of the molecule is CCC(=O)NC1CC2CC(N)CC2C1. The van der Waals surface area contributed by atoms with Gasteiger partial charge in [0.05, 0.1) is 0 Å². The average Bonchev–Trinajstić information content (AvgIpc) is 2.60. The van der Waals surface area contributed by atoms with Gasteiger partial charge in [0.2, 0.25) is 5.91 Å². The highest BCUT2D eigenvalue weighted by Crippen LogP contribution is 2.43. The Morgan fingerprint density at radius 1 is 1.29 bits per heavy atom. The van der Waals surface area contributed by atoms with Gasteiger partial charge in [-0.1, -0.05) is 6.92 Å². The second-order valence-electron chi connectivity index (χ2n) is 4.84. The van der Waals surface area contributed by atoms with Crippen molar-refractivity contribution in [1.29, 1.82) is 0 Å². The first-order valence-electron chi connectivity index (χ1n) is 5.74. The molecule has 0 heterocycles. The molecule has 0 radical (unpaired) electrons. The molecule has 0 aliphatic heterocycles. The van der Waals surface area contributed by atoms with Crippen LogP contribution in [0.4, 0.5) is 0 Å². The molecule has 2 rings (SSSR count). The number of fused-ring (bicyclic) bond motifs is 1. The second kappa shape index (κ2) is 3.89. The van der Waals surface area contributed by atoms with Gasteiger partial charge < -0.3 is 11.1 Å².